The molecule has 12 heteroatoms. The first-order valence-corrected chi connectivity index (χ1v) is 15.4. The van der Waals surface area contributed by atoms with Crippen molar-refractivity contribution in [2.24, 2.45) is 5.92 Å². The molecule has 250 valence electrons. The highest BCUT2D eigenvalue weighted by Crippen LogP contribution is 2.26. The van der Waals surface area contributed by atoms with Gasteiger partial charge in [-0.15, -0.1) is 0 Å². The van der Waals surface area contributed by atoms with Crippen molar-refractivity contribution in [1.29, 1.82) is 0 Å². The first-order valence-electron chi connectivity index (χ1n) is 15.4. The van der Waals surface area contributed by atoms with Crippen LogP contribution in [0.2, 0.25) is 0 Å². The van der Waals surface area contributed by atoms with Crippen LogP contribution < -0.4 is 15.0 Å². The van der Waals surface area contributed by atoms with Crippen LogP contribution in [0.4, 0.5) is 15.4 Å². The number of fused-ring (bicyclic) bond motifs is 1. The van der Waals surface area contributed by atoms with Gasteiger partial charge < -0.3 is 39.2 Å². The predicted octanol–water partition coefficient (Wildman–Crippen LogP) is 4.90. The molecule has 3 rings (SSSR count). The highest BCUT2D eigenvalue weighted by molar-refractivity contribution is 5.82. The van der Waals surface area contributed by atoms with E-state index in [9.17, 15) is 19.5 Å². The lowest BCUT2D eigenvalue weighted by atomic mass is 10.00. The van der Waals surface area contributed by atoms with Crippen molar-refractivity contribution in [2.75, 3.05) is 44.2 Å². The van der Waals surface area contributed by atoms with Crippen molar-refractivity contribution in [2.45, 2.75) is 91.6 Å². The third-order valence-corrected chi connectivity index (χ3v) is 6.42. The molecule has 12 nitrogen and oxygen atoms in total. The minimum absolute atomic E-state index is 0.237. The van der Waals surface area contributed by atoms with Crippen molar-refractivity contribution in [3.05, 3.63) is 30.3 Å². The average molecular weight is 631 g/mol. The van der Waals surface area contributed by atoms with E-state index in [1.165, 1.54) is 0 Å². The number of esters is 1. The number of nitrogens with zero attached hydrogens (tertiary/aromatic N) is 3. The maximum absolute atomic E-state index is 12.4. The molecule has 2 aromatic rings. The van der Waals surface area contributed by atoms with Crippen LogP contribution >= 0.6 is 0 Å². The maximum Gasteiger partial charge on any atom is 0.410 e. The number of ether oxygens (including phenoxy) is 4. The average Bonchev–Trinajstić information content (AvgIpc) is 2.86. The van der Waals surface area contributed by atoms with E-state index in [1.807, 2.05) is 59.7 Å². The topological polar surface area (TPSA) is 140 Å². The number of hydrogen-bond donors (Lipinski definition) is 2. The number of aliphatic hydroxyl groups excluding tert-OH is 1. The summed E-state index contributed by atoms with van der Waals surface area (Å²) in [4.78, 5) is 45.4. The van der Waals surface area contributed by atoms with Gasteiger partial charge in [-0.1, -0.05) is 0 Å². The smallest absolute Gasteiger partial charge is 0.410 e. The number of aromatic nitrogens is 1. The standard InChI is InChI=1S/C33H50N4O8/c1-31(2,3)43-28(39)26(38)21-42-24-12-13-25-23(17-24)11-14-27(35-25)36(16-10-15-34-29(40)44-32(4,5)6)18-22-19-37(20-22)30(41)45-33(7,8)9/h11-14,17,22,26,38H,10,15-16,18-21H2,1-9H3,(H,34,40). The number of nitrogens with one attached hydrogen (secondary N) is 1. The first kappa shape index (κ1) is 35.7. The lowest BCUT2D eigenvalue weighted by Crippen LogP contribution is -2.55. The zero-order valence-electron chi connectivity index (χ0n) is 28.1. The van der Waals surface area contributed by atoms with Crippen LogP contribution in [0.5, 0.6) is 5.75 Å². The van der Waals surface area contributed by atoms with E-state index in [1.54, 1.807) is 37.8 Å². The second-order valence-electron chi connectivity index (χ2n) is 14.4. The second-order valence-corrected chi connectivity index (χ2v) is 14.4. The van der Waals surface area contributed by atoms with E-state index in [-0.39, 0.29) is 18.6 Å². The van der Waals surface area contributed by atoms with Crippen LogP contribution in [-0.4, -0.2) is 95.4 Å². The molecule has 1 fully saturated rings. The van der Waals surface area contributed by atoms with Crippen LogP contribution in [0, 0.1) is 5.92 Å². The number of anilines is 1. The number of hydrogen-bond acceptors (Lipinski definition) is 10. The number of amides is 2. The molecule has 1 aliphatic rings. The van der Waals surface area contributed by atoms with Gasteiger partial charge in [0.1, 0.15) is 35.0 Å². The van der Waals surface area contributed by atoms with E-state index in [0.717, 1.165) is 16.7 Å². The molecular weight excluding hydrogens is 580 g/mol. The molecule has 0 aliphatic carbocycles. The van der Waals surface area contributed by atoms with Gasteiger partial charge in [0.15, 0.2) is 6.10 Å². The number of benzene rings is 1. The maximum atomic E-state index is 12.4. The lowest BCUT2D eigenvalue weighted by molar-refractivity contribution is -0.166. The van der Waals surface area contributed by atoms with Gasteiger partial charge in [0, 0.05) is 44.0 Å². The zero-order chi connectivity index (χ0) is 33.6. The molecule has 0 bridgehead atoms. The molecule has 45 heavy (non-hydrogen) atoms. The molecule has 0 radical (unpaired) electrons. The van der Waals surface area contributed by atoms with Crippen molar-refractivity contribution in [1.82, 2.24) is 15.2 Å². The van der Waals surface area contributed by atoms with E-state index < -0.39 is 35.0 Å². The van der Waals surface area contributed by atoms with E-state index in [2.05, 4.69) is 10.2 Å². The number of aliphatic hydroxyl groups is 1. The Hall–Kier alpha value is -3.80. The summed E-state index contributed by atoms with van der Waals surface area (Å²) in [7, 11) is 0. The molecule has 1 unspecified atom stereocenters. The van der Waals surface area contributed by atoms with Crippen LogP contribution in [0.3, 0.4) is 0 Å². The van der Waals surface area contributed by atoms with Gasteiger partial charge in [0.2, 0.25) is 0 Å². The number of carbonyl (C=O) groups excluding carboxylic acids is 3. The molecule has 1 aliphatic heterocycles. The summed E-state index contributed by atoms with van der Waals surface area (Å²) in [6.07, 6.45) is -1.51. The summed E-state index contributed by atoms with van der Waals surface area (Å²) in [6.45, 7) is 18.9. The Labute approximate surface area is 266 Å². The van der Waals surface area contributed by atoms with Gasteiger partial charge in [-0.25, -0.2) is 19.4 Å². The number of alkyl carbamates (subject to hydrolysis) is 1. The predicted molar refractivity (Wildman–Crippen MR) is 171 cm³/mol. The summed E-state index contributed by atoms with van der Waals surface area (Å²) in [5, 5.41) is 13.8. The SMILES string of the molecule is CC(C)(C)OC(=O)NCCCN(CC1CN(C(=O)OC(C)(C)C)C1)c1ccc2cc(OCC(O)C(=O)OC(C)(C)C)ccc2n1. The quantitative estimate of drug-likeness (QED) is 0.200. The fraction of sp³-hybridized carbons (Fsp3) is 0.636. The normalized spacial score (nSPS) is 14.8. The summed E-state index contributed by atoms with van der Waals surface area (Å²) >= 11 is 0. The Bertz CT molecular complexity index is 1320. The molecule has 2 heterocycles. The molecular formula is C33H50N4O8. The molecule has 2 N–H and O–H groups in total. The van der Waals surface area contributed by atoms with Crippen LogP contribution in [-0.2, 0) is 19.0 Å². The molecule has 0 saturated carbocycles. The van der Waals surface area contributed by atoms with Gasteiger partial charge in [-0.3, -0.25) is 0 Å². The molecule has 0 spiro atoms. The van der Waals surface area contributed by atoms with E-state index >= 15 is 0 Å². The fourth-order valence-corrected chi connectivity index (χ4v) is 4.52. The van der Waals surface area contributed by atoms with Crippen LogP contribution in [0.15, 0.2) is 30.3 Å². The van der Waals surface area contributed by atoms with Gasteiger partial charge in [0.05, 0.1) is 5.52 Å². The molecule has 2 amide bonds. The second kappa shape index (κ2) is 14.5. The number of carbonyl (C=O) groups is 3. The third kappa shape index (κ3) is 12.3. The van der Waals surface area contributed by atoms with Crippen molar-refractivity contribution < 1.29 is 38.4 Å². The summed E-state index contributed by atoms with van der Waals surface area (Å²) < 4.78 is 21.7. The van der Waals surface area contributed by atoms with Crippen molar-refractivity contribution in [3.8, 4) is 5.75 Å². The number of likely N-dealkylation sites (tertiary alicyclic amines) is 1. The molecule has 1 aromatic carbocycles. The van der Waals surface area contributed by atoms with Crippen LogP contribution in [0.25, 0.3) is 10.9 Å². The largest absolute Gasteiger partial charge is 0.490 e. The summed E-state index contributed by atoms with van der Waals surface area (Å²) in [5.41, 5.74) is -1.08. The highest BCUT2D eigenvalue weighted by atomic mass is 16.6. The van der Waals surface area contributed by atoms with Crippen LogP contribution in [0.1, 0.15) is 68.7 Å². The van der Waals surface area contributed by atoms with E-state index in [4.69, 9.17) is 23.9 Å². The van der Waals surface area contributed by atoms with Gasteiger partial charge in [-0.05, 0) is 99.1 Å². The minimum atomic E-state index is -1.41. The van der Waals surface area contributed by atoms with Crippen molar-refractivity contribution in [3.63, 3.8) is 0 Å². The first-order chi connectivity index (χ1) is 20.8. The number of pyridine rings is 1. The Balaban J connectivity index is 1.66. The lowest BCUT2D eigenvalue weighted by Gasteiger charge is -2.42. The van der Waals surface area contributed by atoms with Crippen molar-refractivity contribution >= 4 is 34.9 Å². The third-order valence-electron chi connectivity index (χ3n) is 6.42. The fourth-order valence-electron chi connectivity index (χ4n) is 4.52. The zero-order valence-corrected chi connectivity index (χ0v) is 28.1. The van der Waals surface area contributed by atoms with Gasteiger partial charge in [-0.2, -0.15) is 0 Å². The minimum Gasteiger partial charge on any atom is -0.490 e. The van der Waals surface area contributed by atoms with Gasteiger partial charge >= 0.3 is 18.2 Å². The Morgan fingerprint density at radius 3 is 2.22 bits per heavy atom. The Morgan fingerprint density at radius 1 is 0.956 bits per heavy atom. The molecule has 1 saturated heterocycles. The molecule has 1 aromatic heterocycles. The van der Waals surface area contributed by atoms with Gasteiger partial charge in [0.25, 0.3) is 0 Å². The Morgan fingerprint density at radius 2 is 1.60 bits per heavy atom. The summed E-state index contributed by atoms with van der Waals surface area (Å²) in [6, 6.07) is 9.22. The number of rotatable bonds is 11. The summed E-state index contributed by atoms with van der Waals surface area (Å²) in [5.74, 6) is 0.753. The molecule has 1 atom stereocenters. The monoisotopic (exact) mass is 630 g/mol. The van der Waals surface area contributed by atoms with E-state index in [0.29, 0.717) is 44.9 Å². The Kier molecular flexibility index (Phi) is 11.5. The highest BCUT2D eigenvalue weighted by Gasteiger charge is 2.35.